The van der Waals surface area contributed by atoms with Gasteiger partial charge >= 0.3 is 5.97 Å². The highest BCUT2D eigenvalue weighted by Crippen LogP contribution is 2.40. The van der Waals surface area contributed by atoms with Crippen molar-refractivity contribution in [1.29, 1.82) is 5.26 Å². The molecule has 0 saturated carbocycles. The van der Waals surface area contributed by atoms with Crippen LogP contribution in [-0.2, 0) is 16.1 Å². The third-order valence-corrected chi connectivity index (χ3v) is 10.9. The molecule has 0 spiro atoms. The first kappa shape index (κ1) is 35.4. The minimum Gasteiger partial charge on any atom is -0.496 e. The molecule has 7 rings (SSSR count). The zero-order chi connectivity index (χ0) is 37.4. The van der Waals surface area contributed by atoms with Crippen LogP contribution in [0.1, 0.15) is 77.4 Å². The van der Waals surface area contributed by atoms with Crippen LogP contribution < -0.4 is 19.6 Å². The number of hydrogen-bond donors (Lipinski definition) is 0. The van der Waals surface area contributed by atoms with Crippen LogP contribution in [0.25, 0.3) is 22.7 Å². The SMILES string of the molecule is CCOC(=O)C1=C(c2ccccc2)N=c2sc(=Cc3c(C)n(Cc4ccccc4C#N)c4ccccc34)c(=O)n2[C@H]1c1cc(C(C)C)c(OC)cc1C. The minimum atomic E-state index is -0.809. The van der Waals surface area contributed by atoms with Crippen molar-refractivity contribution in [1.82, 2.24) is 9.13 Å². The van der Waals surface area contributed by atoms with Gasteiger partial charge in [-0.25, -0.2) is 9.79 Å². The van der Waals surface area contributed by atoms with Gasteiger partial charge in [-0.2, -0.15) is 5.26 Å². The molecule has 0 unspecified atom stereocenters. The summed E-state index contributed by atoms with van der Waals surface area (Å²) in [6.45, 7) is 10.7. The van der Waals surface area contributed by atoms with Gasteiger partial charge in [-0.05, 0) is 79.3 Å². The summed E-state index contributed by atoms with van der Waals surface area (Å²) in [6, 6.07) is 30.9. The van der Waals surface area contributed by atoms with Crippen LogP contribution in [0, 0.1) is 25.2 Å². The number of thiazole rings is 1. The molecule has 3 heterocycles. The van der Waals surface area contributed by atoms with Crippen molar-refractivity contribution in [3.63, 3.8) is 0 Å². The molecule has 0 N–H and O–H groups in total. The molecule has 0 bridgehead atoms. The van der Waals surface area contributed by atoms with Gasteiger partial charge in [0.1, 0.15) is 5.75 Å². The average Bonchev–Trinajstić information content (AvgIpc) is 3.62. The van der Waals surface area contributed by atoms with Crippen molar-refractivity contribution >= 4 is 40.0 Å². The third-order valence-electron chi connectivity index (χ3n) is 9.93. The first-order chi connectivity index (χ1) is 25.7. The molecule has 266 valence electrons. The van der Waals surface area contributed by atoms with Crippen molar-refractivity contribution in [2.24, 2.45) is 4.99 Å². The Morgan fingerprint density at radius 3 is 2.45 bits per heavy atom. The quantitative estimate of drug-likeness (QED) is 0.144. The summed E-state index contributed by atoms with van der Waals surface area (Å²) >= 11 is 1.31. The Labute approximate surface area is 312 Å². The fourth-order valence-corrected chi connectivity index (χ4v) is 8.27. The van der Waals surface area contributed by atoms with Crippen LogP contribution >= 0.6 is 11.3 Å². The second kappa shape index (κ2) is 14.6. The number of ether oxygens (including phenoxy) is 2. The van der Waals surface area contributed by atoms with Crippen molar-refractivity contribution < 1.29 is 14.3 Å². The lowest BCUT2D eigenvalue weighted by Gasteiger charge is -2.28. The lowest BCUT2D eigenvalue weighted by molar-refractivity contribution is -0.138. The molecule has 1 aliphatic heterocycles. The second-order valence-electron chi connectivity index (χ2n) is 13.4. The second-order valence-corrected chi connectivity index (χ2v) is 14.4. The van der Waals surface area contributed by atoms with E-state index >= 15 is 0 Å². The van der Waals surface area contributed by atoms with Gasteiger partial charge in [-0.3, -0.25) is 9.36 Å². The van der Waals surface area contributed by atoms with Crippen molar-refractivity contribution in [3.8, 4) is 11.8 Å². The highest BCUT2D eigenvalue weighted by Gasteiger charge is 2.36. The number of carbonyl (C=O) groups is 1. The average molecular weight is 721 g/mol. The van der Waals surface area contributed by atoms with E-state index in [1.54, 1.807) is 18.6 Å². The van der Waals surface area contributed by atoms with Gasteiger partial charge in [-0.1, -0.05) is 91.9 Å². The standard InChI is InChI=1S/C44H40N4O4S/c1-7-52-43(50)39-40(29-15-9-8-10-16-29)46-44-48(41(39)34-22-33(26(2)3)37(51-6)21-27(34)4)42(49)38(53-44)23-35-28(5)47(36-20-14-13-19-32(35)36)25-31-18-12-11-17-30(31)24-45/h8-23,26,41H,7,25H2,1-6H3/t41-/m0/s1. The smallest absolute Gasteiger partial charge is 0.338 e. The molecule has 53 heavy (non-hydrogen) atoms. The Bertz CT molecular complexity index is 2660. The van der Waals surface area contributed by atoms with E-state index in [4.69, 9.17) is 14.5 Å². The Morgan fingerprint density at radius 2 is 1.74 bits per heavy atom. The number of nitriles is 1. The summed E-state index contributed by atoms with van der Waals surface area (Å²) in [5.74, 6) is 0.347. The van der Waals surface area contributed by atoms with Crippen molar-refractivity contribution in [2.75, 3.05) is 13.7 Å². The van der Waals surface area contributed by atoms with Gasteiger partial charge in [0.15, 0.2) is 4.80 Å². The predicted molar refractivity (Wildman–Crippen MR) is 210 cm³/mol. The maximum Gasteiger partial charge on any atom is 0.338 e. The van der Waals surface area contributed by atoms with Crippen molar-refractivity contribution in [3.05, 3.63) is 161 Å². The molecule has 2 aromatic heterocycles. The fraction of sp³-hybridized carbons (Fsp3) is 0.227. The maximum atomic E-state index is 14.9. The summed E-state index contributed by atoms with van der Waals surface area (Å²) in [5, 5.41) is 10.8. The molecule has 1 atom stereocenters. The lowest BCUT2D eigenvalue weighted by atomic mass is 9.87. The van der Waals surface area contributed by atoms with Gasteiger partial charge in [0.2, 0.25) is 0 Å². The maximum absolute atomic E-state index is 14.9. The summed E-state index contributed by atoms with van der Waals surface area (Å²) < 4.78 is 15.8. The van der Waals surface area contributed by atoms with E-state index in [1.807, 2.05) is 92.7 Å². The number of hydrogen-bond acceptors (Lipinski definition) is 7. The Hall–Kier alpha value is -5.98. The summed E-state index contributed by atoms with van der Waals surface area (Å²) in [6.07, 6.45) is 1.95. The van der Waals surface area contributed by atoms with Gasteiger partial charge < -0.3 is 14.0 Å². The number of nitrogens with zero attached hydrogens (tertiary/aromatic N) is 4. The molecular weight excluding hydrogens is 681 g/mol. The highest BCUT2D eigenvalue weighted by molar-refractivity contribution is 7.07. The van der Waals surface area contributed by atoms with Crippen LogP contribution in [-0.4, -0.2) is 28.8 Å². The van der Waals surface area contributed by atoms with Crippen LogP contribution in [0.3, 0.4) is 0 Å². The number of para-hydroxylation sites is 1. The molecule has 6 aromatic rings. The number of benzene rings is 4. The van der Waals surface area contributed by atoms with E-state index in [0.29, 0.717) is 32.7 Å². The first-order valence-corrected chi connectivity index (χ1v) is 18.5. The van der Waals surface area contributed by atoms with Crippen LogP contribution in [0.5, 0.6) is 5.75 Å². The molecule has 0 amide bonds. The molecular formula is C44H40N4O4S. The first-order valence-electron chi connectivity index (χ1n) is 17.7. The number of methoxy groups -OCH3 is 1. The van der Waals surface area contributed by atoms with E-state index in [9.17, 15) is 14.9 Å². The Kier molecular flexibility index (Phi) is 9.74. The van der Waals surface area contributed by atoms with E-state index in [2.05, 4.69) is 42.7 Å². The van der Waals surface area contributed by atoms with Crippen LogP contribution in [0.2, 0.25) is 0 Å². The number of esters is 1. The zero-order valence-electron chi connectivity index (χ0n) is 30.6. The molecule has 0 fully saturated rings. The summed E-state index contributed by atoms with van der Waals surface area (Å²) in [4.78, 5) is 34.6. The summed E-state index contributed by atoms with van der Waals surface area (Å²) in [5.41, 5.74) is 8.36. The van der Waals surface area contributed by atoms with Gasteiger partial charge in [0.25, 0.3) is 5.56 Å². The van der Waals surface area contributed by atoms with E-state index in [-0.39, 0.29) is 18.1 Å². The summed E-state index contributed by atoms with van der Waals surface area (Å²) in [7, 11) is 1.65. The predicted octanol–water partition coefficient (Wildman–Crippen LogP) is 7.56. The largest absolute Gasteiger partial charge is 0.496 e. The molecule has 0 aliphatic carbocycles. The van der Waals surface area contributed by atoms with Gasteiger partial charge in [0.05, 0.1) is 47.2 Å². The fourth-order valence-electron chi connectivity index (χ4n) is 7.29. The number of fused-ring (bicyclic) bond motifs is 2. The van der Waals surface area contributed by atoms with E-state index in [0.717, 1.165) is 55.7 Å². The normalized spacial score (nSPS) is 14.3. The highest BCUT2D eigenvalue weighted by atomic mass is 32.1. The van der Waals surface area contributed by atoms with Gasteiger partial charge in [-0.15, -0.1) is 0 Å². The molecule has 4 aromatic carbocycles. The molecule has 9 heteroatoms. The van der Waals surface area contributed by atoms with Crippen molar-refractivity contribution in [2.45, 2.75) is 53.1 Å². The molecule has 0 saturated heterocycles. The Balaban J connectivity index is 1.52. The molecule has 0 radical (unpaired) electrons. The zero-order valence-corrected chi connectivity index (χ0v) is 31.5. The van der Waals surface area contributed by atoms with Crippen LogP contribution in [0.15, 0.2) is 106 Å². The number of aryl methyl sites for hydroxylation is 1. The third kappa shape index (κ3) is 6.30. The Morgan fingerprint density at radius 1 is 1.02 bits per heavy atom. The number of carbonyl (C=O) groups excluding carboxylic acids is 1. The monoisotopic (exact) mass is 720 g/mol. The molecule has 8 nitrogen and oxygen atoms in total. The van der Waals surface area contributed by atoms with Gasteiger partial charge in [0, 0.05) is 34.3 Å². The van der Waals surface area contributed by atoms with E-state index in [1.165, 1.54) is 11.3 Å². The number of aromatic nitrogens is 2. The minimum absolute atomic E-state index is 0.115. The topological polar surface area (TPSA) is 98.6 Å². The van der Waals surface area contributed by atoms with E-state index < -0.39 is 12.0 Å². The number of rotatable bonds is 9. The van der Waals surface area contributed by atoms with Crippen LogP contribution in [0.4, 0.5) is 0 Å². The molecule has 1 aliphatic rings. The lowest BCUT2D eigenvalue weighted by Crippen LogP contribution is -2.40.